The Kier molecular flexibility index (Phi) is 4.33. The van der Waals surface area contributed by atoms with Crippen molar-refractivity contribution in [3.63, 3.8) is 0 Å². The highest BCUT2D eigenvalue weighted by Crippen LogP contribution is 2.24. The number of nitrogens with zero attached hydrogens (tertiary/aromatic N) is 7. The Bertz CT molecular complexity index is 1430. The summed E-state index contributed by atoms with van der Waals surface area (Å²) in [5.41, 5.74) is 1.02. The lowest BCUT2D eigenvalue weighted by molar-refractivity contribution is 0.174. The minimum Gasteiger partial charge on any atom is -0.377 e. The molecule has 1 N–H and O–H groups in total. The summed E-state index contributed by atoms with van der Waals surface area (Å²) in [5, 5.41) is 12.1. The molecule has 0 aliphatic carbocycles. The number of nitrogens with one attached hydrogen (secondary N) is 1. The van der Waals surface area contributed by atoms with Gasteiger partial charge in [-0.1, -0.05) is 23.4 Å². The maximum Gasteiger partial charge on any atom is 0.297 e. The van der Waals surface area contributed by atoms with Crippen LogP contribution in [0.15, 0.2) is 58.0 Å². The lowest BCUT2D eigenvalue weighted by atomic mass is 10.2. The number of methoxy groups -OCH3 is 1. The normalized spacial score (nSPS) is 11.2. The van der Waals surface area contributed by atoms with Crippen molar-refractivity contribution in [2.24, 2.45) is 0 Å². The molecule has 4 heterocycles. The molecule has 0 unspecified atom stereocenters. The molecule has 0 atom stereocenters. The minimum atomic E-state index is -0.426. The van der Waals surface area contributed by atoms with Gasteiger partial charge in [0.25, 0.3) is 11.4 Å². The first kappa shape index (κ1) is 17.8. The van der Waals surface area contributed by atoms with Crippen molar-refractivity contribution in [1.29, 1.82) is 0 Å². The molecule has 30 heavy (non-hydrogen) atoms. The second-order valence-corrected chi connectivity index (χ2v) is 6.25. The van der Waals surface area contributed by atoms with Gasteiger partial charge in [-0.25, -0.2) is 15.0 Å². The van der Waals surface area contributed by atoms with E-state index in [4.69, 9.17) is 9.26 Å². The average Bonchev–Trinajstić information content (AvgIpc) is 3.35. The van der Waals surface area contributed by atoms with Gasteiger partial charge in [0.1, 0.15) is 12.3 Å². The number of aromatic nitrogens is 7. The predicted molar refractivity (Wildman–Crippen MR) is 106 cm³/mol. The molecule has 11 nitrogen and oxygen atoms in total. The summed E-state index contributed by atoms with van der Waals surface area (Å²) in [6, 6.07) is 12.5. The quantitative estimate of drug-likeness (QED) is 0.465. The van der Waals surface area contributed by atoms with Crippen LogP contribution in [-0.2, 0) is 11.3 Å². The highest BCUT2D eigenvalue weighted by Gasteiger charge is 2.19. The molecule has 0 aliphatic heterocycles. The monoisotopic (exact) mass is 402 g/mol. The molecule has 0 spiro atoms. The fourth-order valence-electron chi connectivity index (χ4n) is 2.93. The molecule has 148 valence electrons. The SMILES string of the molecule is COCc1noc(-c2nc3c4ccccc4nc(Nc4ccccnc4=O)n3n2)n1. The number of para-hydroxylation sites is 1. The van der Waals surface area contributed by atoms with Crippen molar-refractivity contribution in [1.82, 2.24) is 34.7 Å². The first-order chi connectivity index (χ1) is 14.7. The molecule has 4 aromatic heterocycles. The zero-order chi connectivity index (χ0) is 20.5. The van der Waals surface area contributed by atoms with Gasteiger partial charge in [-0.3, -0.25) is 4.79 Å². The Hall–Kier alpha value is -4.25. The Morgan fingerprint density at radius 3 is 2.87 bits per heavy atom. The van der Waals surface area contributed by atoms with Gasteiger partial charge in [-0.15, -0.1) is 5.10 Å². The van der Waals surface area contributed by atoms with E-state index in [1.807, 2.05) is 24.3 Å². The Morgan fingerprint density at radius 1 is 1.10 bits per heavy atom. The van der Waals surface area contributed by atoms with E-state index in [9.17, 15) is 4.79 Å². The fourth-order valence-corrected chi connectivity index (χ4v) is 2.93. The number of hydrogen-bond acceptors (Lipinski definition) is 10. The van der Waals surface area contributed by atoms with Crippen LogP contribution < -0.4 is 10.9 Å². The van der Waals surface area contributed by atoms with Crippen molar-refractivity contribution in [3.8, 4) is 11.7 Å². The molecule has 0 radical (unpaired) electrons. The molecule has 5 aromatic rings. The van der Waals surface area contributed by atoms with E-state index >= 15 is 0 Å². The fraction of sp³-hybridized carbons (Fsp3) is 0.105. The molecule has 5 rings (SSSR count). The van der Waals surface area contributed by atoms with Crippen molar-refractivity contribution < 1.29 is 9.26 Å². The van der Waals surface area contributed by atoms with Crippen molar-refractivity contribution in [3.05, 3.63) is 64.8 Å². The van der Waals surface area contributed by atoms with Gasteiger partial charge in [-0.2, -0.15) is 9.50 Å². The summed E-state index contributed by atoms with van der Waals surface area (Å²) in [7, 11) is 1.54. The largest absolute Gasteiger partial charge is 0.377 e. The molecule has 0 saturated carbocycles. The van der Waals surface area contributed by atoms with E-state index in [-0.39, 0.29) is 24.0 Å². The van der Waals surface area contributed by atoms with Crippen LogP contribution in [0.5, 0.6) is 0 Å². The summed E-state index contributed by atoms with van der Waals surface area (Å²) in [4.78, 5) is 29.4. The standard InChI is InChI=1S/C19H14N8O3/c1-29-10-14-23-18(30-26-14)15-24-16-11-6-2-3-7-12(11)21-19(27(16)25-15)22-13-8-4-5-9-20-17(13)28/h2-9H,10H2,1H3,(H,20,21,22,28). The molecule has 0 aliphatic rings. The van der Waals surface area contributed by atoms with Crippen LogP contribution in [0.2, 0.25) is 0 Å². The van der Waals surface area contributed by atoms with Gasteiger partial charge in [0.15, 0.2) is 11.5 Å². The van der Waals surface area contributed by atoms with E-state index in [2.05, 4.69) is 35.5 Å². The third kappa shape index (κ3) is 3.12. The van der Waals surface area contributed by atoms with Crippen molar-refractivity contribution in [2.75, 3.05) is 12.4 Å². The predicted octanol–water partition coefficient (Wildman–Crippen LogP) is 1.97. The molecule has 0 bridgehead atoms. The minimum absolute atomic E-state index is 0.151. The number of benzene rings is 1. The third-order valence-electron chi connectivity index (χ3n) is 4.24. The summed E-state index contributed by atoms with van der Waals surface area (Å²) in [6.45, 7) is 0.207. The van der Waals surface area contributed by atoms with Crippen LogP contribution in [0.25, 0.3) is 28.3 Å². The zero-order valence-corrected chi connectivity index (χ0v) is 15.7. The van der Waals surface area contributed by atoms with Gasteiger partial charge in [0.05, 0.1) is 5.52 Å². The highest BCUT2D eigenvalue weighted by atomic mass is 16.5. The third-order valence-corrected chi connectivity index (χ3v) is 4.24. The topological polar surface area (TPSA) is 133 Å². The Morgan fingerprint density at radius 2 is 1.97 bits per heavy atom. The zero-order valence-electron chi connectivity index (χ0n) is 15.7. The number of ether oxygens (including phenoxy) is 1. The number of hydrogen-bond donors (Lipinski definition) is 1. The maximum atomic E-state index is 12.2. The second kappa shape index (κ2) is 7.29. The summed E-state index contributed by atoms with van der Waals surface area (Å²) < 4.78 is 11.8. The van der Waals surface area contributed by atoms with Gasteiger partial charge in [0, 0.05) is 18.7 Å². The summed E-state index contributed by atoms with van der Waals surface area (Å²) in [5.74, 6) is 1.05. The molecule has 1 aromatic carbocycles. The van der Waals surface area contributed by atoms with E-state index in [1.54, 1.807) is 18.2 Å². The molecule has 0 fully saturated rings. The van der Waals surface area contributed by atoms with Crippen LogP contribution in [0.3, 0.4) is 0 Å². The average molecular weight is 402 g/mol. The van der Waals surface area contributed by atoms with E-state index in [0.717, 1.165) is 5.39 Å². The van der Waals surface area contributed by atoms with Gasteiger partial charge < -0.3 is 14.6 Å². The maximum absolute atomic E-state index is 12.2. The smallest absolute Gasteiger partial charge is 0.297 e. The van der Waals surface area contributed by atoms with E-state index in [1.165, 1.54) is 17.8 Å². The number of anilines is 2. The van der Waals surface area contributed by atoms with Crippen LogP contribution >= 0.6 is 0 Å². The van der Waals surface area contributed by atoms with Crippen LogP contribution in [0.4, 0.5) is 11.6 Å². The lowest BCUT2D eigenvalue weighted by Crippen LogP contribution is -2.11. The van der Waals surface area contributed by atoms with Gasteiger partial charge >= 0.3 is 0 Å². The number of fused-ring (bicyclic) bond motifs is 3. The summed E-state index contributed by atoms with van der Waals surface area (Å²) >= 11 is 0. The van der Waals surface area contributed by atoms with Gasteiger partial charge in [0.2, 0.25) is 11.8 Å². The molecule has 0 amide bonds. The first-order valence-electron chi connectivity index (χ1n) is 8.93. The molecule has 11 heteroatoms. The Balaban J connectivity index is 1.70. The van der Waals surface area contributed by atoms with E-state index in [0.29, 0.717) is 22.9 Å². The first-order valence-corrected chi connectivity index (χ1v) is 8.93. The summed E-state index contributed by atoms with van der Waals surface area (Å²) in [6.07, 6.45) is 1.43. The van der Waals surface area contributed by atoms with Crippen molar-refractivity contribution >= 4 is 28.2 Å². The second-order valence-electron chi connectivity index (χ2n) is 6.25. The van der Waals surface area contributed by atoms with Crippen molar-refractivity contribution in [2.45, 2.75) is 6.61 Å². The lowest BCUT2D eigenvalue weighted by Gasteiger charge is -2.07. The van der Waals surface area contributed by atoms with E-state index < -0.39 is 5.56 Å². The van der Waals surface area contributed by atoms with Crippen LogP contribution in [0.1, 0.15) is 5.82 Å². The highest BCUT2D eigenvalue weighted by molar-refractivity contribution is 5.93. The molecule has 0 saturated heterocycles. The Labute approximate surface area is 168 Å². The number of rotatable bonds is 5. The molecular formula is C19H14N8O3. The van der Waals surface area contributed by atoms with Crippen LogP contribution in [-0.4, -0.2) is 41.8 Å². The van der Waals surface area contributed by atoms with Gasteiger partial charge in [-0.05, 0) is 24.3 Å². The molecular weight excluding hydrogens is 388 g/mol. The van der Waals surface area contributed by atoms with Crippen LogP contribution in [0, 0.1) is 0 Å².